The summed E-state index contributed by atoms with van der Waals surface area (Å²) >= 11 is 0. The van der Waals surface area contributed by atoms with Gasteiger partial charge in [-0.05, 0) is 43.9 Å². The van der Waals surface area contributed by atoms with Gasteiger partial charge in [0.05, 0.1) is 7.11 Å². The third kappa shape index (κ3) is 2.69. The van der Waals surface area contributed by atoms with Crippen LogP contribution in [0.25, 0.3) is 0 Å². The highest BCUT2D eigenvalue weighted by atomic mass is 16.5. The lowest BCUT2D eigenvalue weighted by Gasteiger charge is -2.35. The molecule has 1 aromatic rings. The SMILES string of the molecule is CCC(C)(C)C(NC)c1ccc(C)c(C)c1OC. The average molecular weight is 249 g/mol. The maximum atomic E-state index is 5.64. The van der Waals surface area contributed by atoms with Crippen LogP contribution in [0, 0.1) is 19.3 Å². The first kappa shape index (κ1) is 15.0. The maximum absolute atomic E-state index is 5.64. The maximum Gasteiger partial charge on any atom is 0.126 e. The van der Waals surface area contributed by atoms with Crippen molar-refractivity contribution in [2.45, 2.75) is 47.1 Å². The molecular weight excluding hydrogens is 222 g/mol. The number of ether oxygens (including phenoxy) is 1. The van der Waals surface area contributed by atoms with Gasteiger partial charge in [0, 0.05) is 11.6 Å². The monoisotopic (exact) mass is 249 g/mol. The van der Waals surface area contributed by atoms with Crippen molar-refractivity contribution >= 4 is 0 Å². The Morgan fingerprint density at radius 2 is 1.89 bits per heavy atom. The van der Waals surface area contributed by atoms with Crippen LogP contribution in [0.1, 0.15) is 49.9 Å². The molecule has 0 aromatic heterocycles. The minimum atomic E-state index is 0.198. The van der Waals surface area contributed by atoms with Gasteiger partial charge in [0.15, 0.2) is 0 Å². The fourth-order valence-electron chi connectivity index (χ4n) is 2.48. The van der Waals surface area contributed by atoms with Crippen molar-refractivity contribution < 1.29 is 4.74 Å². The minimum absolute atomic E-state index is 0.198. The lowest BCUT2D eigenvalue weighted by Crippen LogP contribution is -2.32. The van der Waals surface area contributed by atoms with Crippen LogP contribution in [0.5, 0.6) is 5.75 Å². The summed E-state index contributed by atoms with van der Waals surface area (Å²) < 4.78 is 5.64. The second-order valence-corrected chi connectivity index (χ2v) is 5.69. The molecule has 0 saturated heterocycles. The standard InChI is InChI=1S/C16H27NO/c1-8-16(4,5)15(17-6)13-10-9-11(2)12(3)14(13)18-7/h9-10,15,17H,8H2,1-7H3. The zero-order valence-corrected chi connectivity index (χ0v) is 12.8. The van der Waals surface area contributed by atoms with Gasteiger partial charge in [-0.3, -0.25) is 0 Å². The molecule has 0 spiro atoms. The molecule has 2 heteroatoms. The quantitative estimate of drug-likeness (QED) is 0.851. The van der Waals surface area contributed by atoms with Gasteiger partial charge >= 0.3 is 0 Å². The molecule has 1 aromatic carbocycles. The molecule has 0 bridgehead atoms. The molecule has 102 valence electrons. The van der Waals surface area contributed by atoms with Crippen molar-refractivity contribution in [1.82, 2.24) is 5.32 Å². The highest BCUT2D eigenvalue weighted by molar-refractivity contribution is 5.47. The summed E-state index contributed by atoms with van der Waals surface area (Å²) in [5.41, 5.74) is 3.97. The number of hydrogen-bond acceptors (Lipinski definition) is 2. The Labute approximate surface area is 112 Å². The van der Waals surface area contributed by atoms with Crippen molar-refractivity contribution in [3.05, 3.63) is 28.8 Å². The summed E-state index contributed by atoms with van der Waals surface area (Å²) in [4.78, 5) is 0. The zero-order valence-electron chi connectivity index (χ0n) is 12.8. The van der Waals surface area contributed by atoms with E-state index in [4.69, 9.17) is 4.74 Å². The van der Waals surface area contributed by atoms with E-state index in [-0.39, 0.29) is 5.41 Å². The van der Waals surface area contributed by atoms with Crippen LogP contribution >= 0.6 is 0 Å². The molecule has 2 nitrogen and oxygen atoms in total. The van der Waals surface area contributed by atoms with E-state index in [1.54, 1.807) is 7.11 Å². The molecule has 1 rings (SSSR count). The molecule has 1 unspecified atom stereocenters. The Morgan fingerprint density at radius 3 is 2.33 bits per heavy atom. The fraction of sp³-hybridized carbons (Fsp3) is 0.625. The summed E-state index contributed by atoms with van der Waals surface area (Å²) in [5.74, 6) is 1.02. The number of aryl methyl sites for hydroxylation is 1. The summed E-state index contributed by atoms with van der Waals surface area (Å²) in [7, 11) is 3.79. The Kier molecular flexibility index (Phi) is 4.80. The highest BCUT2D eigenvalue weighted by Gasteiger charge is 2.30. The van der Waals surface area contributed by atoms with E-state index in [1.807, 2.05) is 7.05 Å². The summed E-state index contributed by atoms with van der Waals surface area (Å²) in [6.45, 7) is 11.1. The van der Waals surface area contributed by atoms with Gasteiger partial charge in [0.2, 0.25) is 0 Å². The van der Waals surface area contributed by atoms with Gasteiger partial charge in [0.25, 0.3) is 0 Å². The first-order chi connectivity index (χ1) is 8.38. The molecule has 18 heavy (non-hydrogen) atoms. The van der Waals surface area contributed by atoms with Crippen molar-refractivity contribution in [3.8, 4) is 5.75 Å². The summed E-state index contributed by atoms with van der Waals surface area (Å²) in [5, 5.41) is 3.45. The number of methoxy groups -OCH3 is 1. The Hall–Kier alpha value is -1.02. The smallest absolute Gasteiger partial charge is 0.126 e. The van der Waals surface area contributed by atoms with Crippen LogP contribution in [0.15, 0.2) is 12.1 Å². The molecule has 0 aliphatic rings. The van der Waals surface area contributed by atoms with Gasteiger partial charge < -0.3 is 10.1 Å². The van der Waals surface area contributed by atoms with Crippen molar-refractivity contribution in [2.24, 2.45) is 5.41 Å². The minimum Gasteiger partial charge on any atom is -0.496 e. The first-order valence-corrected chi connectivity index (χ1v) is 6.70. The van der Waals surface area contributed by atoms with Crippen LogP contribution in [-0.4, -0.2) is 14.2 Å². The molecule has 0 aliphatic heterocycles. The fourth-order valence-corrected chi connectivity index (χ4v) is 2.48. The molecule has 0 fully saturated rings. The predicted octanol–water partition coefficient (Wildman–Crippen LogP) is 4.01. The van der Waals surface area contributed by atoms with E-state index in [0.29, 0.717) is 6.04 Å². The van der Waals surface area contributed by atoms with E-state index in [1.165, 1.54) is 16.7 Å². The summed E-state index contributed by atoms with van der Waals surface area (Å²) in [6.07, 6.45) is 1.12. The van der Waals surface area contributed by atoms with Crippen molar-refractivity contribution in [3.63, 3.8) is 0 Å². The van der Waals surface area contributed by atoms with Crippen LogP contribution in [0.3, 0.4) is 0 Å². The van der Waals surface area contributed by atoms with Gasteiger partial charge in [-0.2, -0.15) is 0 Å². The van der Waals surface area contributed by atoms with Crippen LogP contribution in [-0.2, 0) is 0 Å². The second kappa shape index (κ2) is 5.75. The van der Waals surface area contributed by atoms with Crippen LogP contribution < -0.4 is 10.1 Å². The Bertz CT molecular complexity index is 410. The first-order valence-electron chi connectivity index (χ1n) is 6.70. The van der Waals surface area contributed by atoms with Crippen molar-refractivity contribution in [1.29, 1.82) is 0 Å². The lowest BCUT2D eigenvalue weighted by molar-refractivity contribution is 0.239. The molecule has 0 aliphatic carbocycles. The van der Waals surface area contributed by atoms with E-state index in [9.17, 15) is 0 Å². The number of rotatable bonds is 5. The molecule has 0 saturated carbocycles. The van der Waals surface area contributed by atoms with Gasteiger partial charge in [-0.25, -0.2) is 0 Å². The molecule has 0 radical (unpaired) electrons. The van der Waals surface area contributed by atoms with E-state index >= 15 is 0 Å². The molecule has 0 heterocycles. The zero-order chi connectivity index (χ0) is 13.9. The Morgan fingerprint density at radius 1 is 1.28 bits per heavy atom. The van der Waals surface area contributed by atoms with Crippen LogP contribution in [0.2, 0.25) is 0 Å². The van der Waals surface area contributed by atoms with E-state index in [2.05, 4.69) is 52.1 Å². The normalized spacial score (nSPS) is 13.5. The van der Waals surface area contributed by atoms with E-state index in [0.717, 1.165) is 12.2 Å². The molecule has 1 N–H and O–H groups in total. The lowest BCUT2D eigenvalue weighted by atomic mass is 9.77. The number of hydrogen-bond donors (Lipinski definition) is 1. The topological polar surface area (TPSA) is 21.3 Å². The highest BCUT2D eigenvalue weighted by Crippen LogP contribution is 2.41. The number of nitrogens with one attached hydrogen (secondary N) is 1. The van der Waals surface area contributed by atoms with Crippen LogP contribution in [0.4, 0.5) is 0 Å². The van der Waals surface area contributed by atoms with E-state index < -0.39 is 0 Å². The van der Waals surface area contributed by atoms with Gasteiger partial charge in [-0.15, -0.1) is 0 Å². The molecular formula is C16H27NO. The third-order valence-electron chi connectivity index (χ3n) is 4.20. The molecule has 0 amide bonds. The predicted molar refractivity (Wildman–Crippen MR) is 78.3 cm³/mol. The largest absolute Gasteiger partial charge is 0.496 e. The number of benzene rings is 1. The average Bonchev–Trinajstić information content (AvgIpc) is 2.34. The van der Waals surface area contributed by atoms with Gasteiger partial charge in [-0.1, -0.05) is 32.9 Å². The second-order valence-electron chi connectivity index (χ2n) is 5.69. The van der Waals surface area contributed by atoms with Crippen molar-refractivity contribution in [2.75, 3.05) is 14.2 Å². The third-order valence-corrected chi connectivity index (χ3v) is 4.20. The van der Waals surface area contributed by atoms with Gasteiger partial charge in [0.1, 0.15) is 5.75 Å². The summed E-state index contributed by atoms with van der Waals surface area (Å²) in [6, 6.07) is 4.68. The Balaban J connectivity index is 3.35. The molecule has 1 atom stereocenters.